The van der Waals surface area contributed by atoms with Crippen molar-refractivity contribution < 1.29 is 9.19 Å². The molecule has 0 aliphatic rings. The normalized spacial score (nSPS) is 15.2. The Morgan fingerprint density at radius 2 is 1.85 bits per heavy atom. The Morgan fingerprint density at radius 3 is 2.35 bits per heavy atom. The highest BCUT2D eigenvalue weighted by Crippen LogP contribution is 2.42. The van der Waals surface area contributed by atoms with Crippen LogP contribution in [0.25, 0.3) is 0 Å². The van der Waals surface area contributed by atoms with Crippen LogP contribution in [0.15, 0.2) is 35.5 Å². The second kappa shape index (κ2) is 8.65. The fourth-order valence-electron chi connectivity index (χ4n) is 1.49. The molecule has 1 aromatic carbocycles. The summed E-state index contributed by atoms with van der Waals surface area (Å²) in [6, 6.07) is 9.40. The molecular weight excluding hydrogens is 320 g/mol. The van der Waals surface area contributed by atoms with Crippen molar-refractivity contribution in [2.75, 3.05) is 24.8 Å². The van der Waals surface area contributed by atoms with E-state index in [1.807, 2.05) is 30.3 Å². The first-order valence-corrected chi connectivity index (χ1v) is 8.77. The van der Waals surface area contributed by atoms with Gasteiger partial charge in [-0.05, 0) is 12.5 Å². The Labute approximate surface area is 129 Å². The van der Waals surface area contributed by atoms with E-state index >= 15 is 0 Å². The number of rotatable bonds is 8. The molecule has 1 atom stereocenters. The van der Waals surface area contributed by atoms with Crippen molar-refractivity contribution in [2.24, 2.45) is 10.7 Å². The Morgan fingerprint density at radius 1 is 1.30 bits per heavy atom. The molecule has 8 heteroatoms. The molecular formula is C12H18Cl2N3O2P. The van der Waals surface area contributed by atoms with Crippen molar-refractivity contribution >= 4 is 36.6 Å². The third-order valence-electron chi connectivity index (χ3n) is 2.57. The van der Waals surface area contributed by atoms with Crippen molar-refractivity contribution in [3.05, 3.63) is 35.9 Å². The lowest BCUT2D eigenvalue weighted by atomic mass is 10.1. The summed E-state index contributed by atoms with van der Waals surface area (Å²) in [5, 5.41) is 3.85. The molecule has 1 rings (SSSR count). The van der Waals surface area contributed by atoms with Gasteiger partial charge < -0.3 is 4.62 Å². The molecule has 0 saturated heterocycles. The molecule has 0 aliphatic carbocycles. The molecule has 0 fully saturated rings. The minimum Gasteiger partial charge on any atom is -0.311 e. The molecule has 0 spiro atoms. The van der Waals surface area contributed by atoms with Crippen LogP contribution in [0.1, 0.15) is 12.5 Å². The van der Waals surface area contributed by atoms with Gasteiger partial charge in [-0.2, -0.15) is 0 Å². The molecule has 0 bridgehead atoms. The zero-order chi connectivity index (χ0) is 15.0. The number of oxime groups is 1. The molecule has 0 heterocycles. The van der Waals surface area contributed by atoms with Crippen molar-refractivity contribution in [3.63, 3.8) is 0 Å². The number of nitrogens with zero attached hydrogens (tertiary/aromatic N) is 2. The van der Waals surface area contributed by atoms with Crippen LogP contribution in [-0.2, 0) is 9.19 Å². The summed E-state index contributed by atoms with van der Waals surface area (Å²) in [5.74, 6) is 0.561. The summed E-state index contributed by atoms with van der Waals surface area (Å²) < 4.78 is 18.7. The lowest BCUT2D eigenvalue weighted by Crippen LogP contribution is -2.29. The largest absolute Gasteiger partial charge is 0.411 e. The minimum atomic E-state index is -3.53. The quantitative estimate of drug-likeness (QED) is 0.342. The van der Waals surface area contributed by atoms with Gasteiger partial charge in [0.25, 0.3) is 0 Å². The number of halogens is 2. The first-order valence-electron chi connectivity index (χ1n) is 6.06. The van der Waals surface area contributed by atoms with Gasteiger partial charge in [-0.1, -0.05) is 35.5 Å². The average molecular weight is 338 g/mol. The fourth-order valence-corrected chi connectivity index (χ4v) is 3.23. The van der Waals surface area contributed by atoms with Crippen LogP contribution in [0.3, 0.4) is 0 Å². The molecule has 1 unspecified atom stereocenters. The van der Waals surface area contributed by atoms with Crippen LogP contribution in [0.4, 0.5) is 0 Å². The van der Waals surface area contributed by atoms with Gasteiger partial charge in [-0.25, -0.2) is 14.7 Å². The van der Waals surface area contributed by atoms with Crippen molar-refractivity contribution in [1.82, 2.24) is 4.67 Å². The predicted octanol–water partition coefficient (Wildman–Crippen LogP) is 3.27. The van der Waals surface area contributed by atoms with Crippen molar-refractivity contribution in [1.29, 1.82) is 0 Å². The van der Waals surface area contributed by atoms with E-state index in [4.69, 9.17) is 33.3 Å². The fraction of sp³-hybridized carbons (Fsp3) is 0.417. The Kier molecular flexibility index (Phi) is 7.56. The maximum Gasteiger partial charge on any atom is 0.411 e. The Bertz CT molecular complexity index is 479. The maximum atomic E-state index is 12.3. The van der Waals surface area contributed by atoms with Gasteiger partial charge in [-0.3, -0.25) is 0 Å². The summed E-state index contributed by atoms with van der Waals surface area (Å²) in [7, 11) is -3.53. The van der Waals surface area contributed by atoms with Crippen LogP contribution >= 0.6 is 30.9 Å². The van der Waals surface area contributed by atoms with Gasteiger partial charge in [0.15, 0.2) is 0 Å². The van der Waals surface area contributed by atoms with Crippen LogP contribution < -0.4 is 5.50 Å². The molecule has 5 nitrogen and oxygen atoms in total. The van der Waals surface area contributed by atoms with Gasteiger partial charge in [0.05, 0.1) is 5.71 Å². The first kappa shape index (κ1) is 17.5. The molecule has 0 aromatic heterocycles. The predicted molar refractivity (Wildman–Crippen MR) is 84.5 cm³/mol. The third-order valence-corrected chi connectivity index (χ3v) is 4.41. The standard InChI is InChI=1S/C12H18Cl2N3O2P/c1-11(12-5-3-2-4-6-12)16-19-20(15,18)17(9-7-13)10-8-14/h2-6H,7-10H2,1H3,(H2,15,18). The molecule has 20 heavy (non-hydrogen) atoms. The van der Waals surface area contributed by atoms with Crippen LogP contribution in [0.5, 0.6) is 0 Å². The van der Waals surface area contributed by atoms with E-state index in [9.17, 15) is 4.57 Å². The smallest absolute Gasteiger partial charge is 0.311 e. The highest BCUT2D eigenvalue weighted by atomic mass is 35.5. The van der Waals surface area contributed by atoms with E-state index in [-0.39, 0.29) is 11.8 Å². The summed E-state index contributed by atoms with van der Waals surface area (Å²) in [5.41, 5.74) is 7.15. The molecule has 0 saturated carbocycles. The second-order valence-corrected chi connectivity index (χ2v) is 6.63. The molecule has 112 valence electrons. The highest BCUT2D eigenvalue weighted by molar-refractivity contribution is 7.53. The zero-order valence-corrected chi connectivity index (χ0v) is 13.6. The molecule has 2 N–H and O–H groups in total. The van der Waals surface area contributed by atoms with Gasteiger partial charge >= 0.3 is 7.67 Å². The van der Waals surface area contributed by atoms with E-state index in [2.05, 4.69) is 5.16 Å². The summed E-state index contributed by atoms with van der Waals surface area (Å²) in [6.45, 7) is 2.40. The number of alkyl halides is 2. The Hall–Kier alpha value is -0.580. The number of nitrogens with two attached hydrogens (primary N) is 1. The van der Waals surface area contributed by atoms with E-state index < -0.39 is 7.67 Å². The van der Waals surface area contributed by atoms with Gasteiger partial charge in [0.1, 0.15) is 0 Å². The topological polar surface area (TPSA) is 67.9 Å². The summed E-state index contributed by atoms with van der Waals surface area (Å²) >= 11 is 11.3. The van der Waals surface area contributed by atoms with Crippen LogP contribution in [0.2, 0.25) is 0 Å². The minimum absolute atomic E-state index is 0.281. The zero-order valence-electron chi connectivity index (χ0n) is 11.2. The van der Waals surface area contributed by atoms with Gasteiger partial charge in [-0.15, -0.1) is 23.2 Å². The van der Waals surface area contributed by atoms with E-state index in [1.165, 1.54) is 4.67 Å². The van der Waals surface area contributed by atoms with Crippen LogP contribution in [-0.4, -0.2) is 35.2 Å². The third kappa shape index (κ3) is 5.43. The summed E-state index contributed by atoms with van der Waals surface area (Å²) in [4.78, 5) is 0. The van der Waals surface area contributed by atoms with Crippen LogP contribution in [0, 0.1) is 0 Å². The van der Waals surface area contributed by atoms with Gasteiger partial charge in [0, 0.05) is 24.8 Å². The van der Waals surface area contributed by atoms with E-state index in [0.29, 0.717) is 18.8 Å². The average Bonchev–Trinajstić information content (AvgIpc) is 2.45. The maximum absolute atomic E-state index is 12.3. The monoisotopic (exact) mass is 337 g/mol. The second-order valence-electron chi connectivity index (χ2n) is 4.02. The van der Waals surface area contributed by atoms with E-state index in [0.717, 1.165) is 5.56 Å². The molecule has 1 aromatic rings. The Balaban J connectivity index is 2.77. The van der Waals surface area contributed by atoms with Crippen molar-refractivity contribution in [3.8, 4) is 0 Å². The van der Waals surface area contributed by atoms with Crippen molar-refractivity contribution in [2.45, 2.75) is 6.92 Å². The van der Waals surface area contributed by atoms with Gasteiger partial charge in [0.2, 0.25) is 0 Å². The first-order chi connectivity index (χ1) is 9.51. The van der Waals surface area contributed by atoms with E-state index in [1.54, 1.807) is 6.92 Å². The molecule has 0 radical (unpaired) electrons. The molecule has 0 amide bonds. The number of hydrogen-bond donors (Lipinski definition) is 1. The number of hydrogen-bond acceptors (Lipinski definition) is 3. The number of benzene rings is 1. The lowest BCUT2D eigenvalue weighted by molar-refractivity contribution is 0.279. The highest BCUT2D eigenvalue weighted by Gasteiger charge is 2.28. The summed E-state index contributed by atoms with van der Waals surface area (Å²) in [6.07, 6.45) is 0. The SMILES string of the molecule is CC(=NOP(N)(=O)N(CCCl)CCCl)c1ccccc1. The molecule has 0 aliphatic heterocycles. The lowest BCUT2D eigenvalue weighted by Gasteiger charge is -2.24.